The van der Waals surface area contributed by atoms with E-state index in [1.165, 1.54) is 12.1 Å². The molecule has 1 aliphatic rings. The smallest absolute Gasteiger partial charge is 0.156 e. The third-order valence-corrected chi connectivity index (χ3v) is 5.89. The van der Waals surface area contributed by atoms with Crippen molar-refractivity contribution in [2.75, 3.05) is 12.3 Å². The third kappa shape index (κ3) is 2.64. The maximum absolute atomic E-state index is 13.4. The summed E-state index contributed by atoms with van der Waals surface area (Å²) in [6, 6.07) is 1.99. The number of sulfone groups is 1. The Morgan fingerprint density at radius 1 is 1.33 bits per heavy atom. The molecule has 0 amide bonds. The van der Waals surface area contributed by atoms with Gasteiger partial charge in [-0.1, -0.05) is 23.2 Å². The summed E-state index contributed by atoms with van der Waals surface area (Å²) in [5, 5.41) is 2.81. The number of benzene rings is 1. The fourth-order valence-corrected chi connectivity index (χ4v) is 3.85. The molecule has 0 spiro atoms. The van der Waals surface area contributed by atoms with Gasteiger partial charge in [-0.3, -0.25) is 0 Å². The van der Waals surface area contributed by atoms with E-state index in [0.29, 0.717) is 12.1 Å². The van der Waals surface area contributed by atoms with Crippen LogP contribution in [-0.2, 0) is 9.84 Å². The molecule has 0 aliphatic carbocycles. The molecule has 1 N–H and O–H groups in total. The molecule has 100 valence electrons. The Labute approximate surface area is 115 Å². The summed E-state index contributed by atoms with van der Waals surface area (Å²) in [6.45, 7) is 1.97. The molecule has 1 aromatic rings. The third-order valence-electron chi connectivity index (χ3n) is 3.08. The van der Waals surface area contributed by atoms with Crippen LogP contribution in [0.5, 0.6) is 0 Å². The van der Waals surface area contributed by atoms with E-state index in [4.69, 9.17) is 23.2 Å². The number of hydrogen-bond acceptors (Lipinski definition) is 3. The topological polar surface area (TPSA) is 46.2 Å². The highest BCUT2D eigenvalue weighted by Crippen LogP contribution is 2.31. The van der Waals surface area contributed by atoms with Gasteiger partial charge in [0.15, 0.2) is 9.84 Å². The van der Waals surface area contributed by atoms with E-state index in [1.807, 2.05) is 0 Å². The Bertz CT molecular complexity index is 577. The number of halogens is 3. The van der Waals surface area contributed by atoms with Crippen molar-refractivity contribution in [1.29, 1.82) is 0 Å². The van der Waals surface area contributed by atoms with Crippen molar-refractivity contribution in [2.24, 2.45) is 0 Å². The van der Waals surface area contributed by atoms with Crippen molar-refractivity contribution in [1.82, 2.24) is 5.32 Å². The second-order valence-corrected chi connectivity index (χ2v) is 7.67. The van der Waals surface area contributed by atoms with Crippen molar-refractivity contribution in [3.63, 3.8) is 0 Å². The zero-order valence-corrected chi connectivity index (χ0v) is 11.9. The first-order valence-electron chi connectivity index (χ1n) is 5.40. The summed E-state index contributed by atoms with van der Waals surface area (Å²) in [6.07, 6.45) is 0. The predicted molar refractivity (Wildman–Crippen MR) is 70.4 cm³/mol. The van der Waals surface area contributed by atoms with Crippen LogP contribution < -0.4 is 5.32 Å². The van der Waals surface area contributed by atoms with Gasteiger partial charge in [0, 0.05) is 17.6 Å². The summed E-state index contributed by atoms with van der Waals surface area (Å²) in [5.41, 5.74) is 0.425. The van der Waals surface area contributed by atoms with Crippen LogP contribution in [0, 0.1) is 5.82 Å². The van der Waals surface area contributed by atoms with Crippen molar-refractivity contribution in [2.45, 2.75) is 18.2 Å². The molecule has 0 saturated carbocycles. The monoisotopic (exact) mass is 311 g/mol. The van der Waals surface area contributed by atoms with E-state index in [0.717, 1.165) is 0 Å². The zero-order chi connectivity index (χ0) is 13.5. The highest BCUT2D eigenvalue weighted by Gasteiger charge is 2.32. The lowest BCUT2D eigenvalue weighted by atomic mass is 10.1. The van der Waals surface area contributed by atoms with Gasteiger partial charge in [0.1, 0.15) is 5.82 Å². The van der Waals surface area contributed by atoms with Crippen LogP contribution >= 0.6 is 23.2 Å². The molecule has 1 heterocycles. The van der Waals surface area contributed by atoms with E-state index in [9.17, 15) is 12.8 Å². The van der Waals surface area contributed by atoms with Gasteiger partial charge in [-0.15, -0.1) is 0 Å². The van der Waals surface area contributed by atoms with Gasteiger partial charge in [0.25, 0.3) is 0 Å². The Morgan fingerprint density at radius 2 is 2.00 bits per heavy atom. The summed E-state index contributed by atoms with van der Waals surface area (Å²) >= 11 is 11.6. The Morgan fingerprint density at radius 3 is 2.61 bits per heavy atom. The molecule has 18 heavy (non-hydrogen) atoms. The lowest BCUT2D eigenvalue weighted by Gasteiger charge is -2.28. The molecule has 1 aromatic carbocycles. The van der Waals surface area contributed by atoms with Gasteiger partial charge in [-0.25, -0.2) is 12.8 Å². The summed E-state index contributed by atoms with van der Waals surface area (Å²) in [4.78, 5) is 0. The number of rotatable bonds is 1. The van der Waals surface area contributed by atoms with Crippen LogP contribution in [0.3, 0.4) is 0 Å². The van der Waals surface area contributed by atoms with Crippen LogP contribution in [0.4, 0.5) is 4.39 Å². The quantitative estimate of drug-likeness (QED) is 0.811. The number of nitrogens with one attached hydrogen (secondary N) is 1. The molecule has 1 aliphatic heterocycles. The molecule has 3 nitrogen and oxygen atoms in total. The summed E-state index contributed by atoms with van der Waals surface area (Å²) in [7, 11) is -3.18. The Balaban J connectivity index is 2.36. The zero-order valence-electron chi connectivity index (χ0n) is 9.58. The average Bonchev–Trinajstić information content (AvgIpc) is 2.27. The molecule has 0 bridgehead atoms. The van der Waals surface area contributed by atoms with Crippen LogP contribution in [0.1, 0.15) is 18.5 Å². The lowest BCUT2D eigenvalue weighted by Crippen LogP contribution is -2.44. The van der Waals surface area contributed by atoms with Crippen molar-refractivity contribution < 1.29 is 12.8 Å². The SMILES string of the molecule is CC1CNC(c2cc(F)c(Cl)cc2Cl)CS1(=O)=O. The van der Waals surface area contributed by atoms with Gasteiger partial charge in [0.05, 0.1) is 16.0 Å². The Kier molecular flexibility index (Phi) is 3.88. The highest BCUT2D eigenvalue weighted by atomic mass is 35.5. The van der Waals surface area contributed by atoms with E-state index in [-0.39, 0.29) is 15.8 Å². The predicted octanol–water partition coefficient (Wildman–Crippen LogP) is 2.58. The molecule has 0 radical (unpaired) electrons. The fourth-order valence-electron chi connectivity index (χ4n) is 1.90. The van der Waals surface area contributed by atoms with Gasteiger partial charge < -0.3 is 5.32 Å². The fraction of sp³-hybridized carbons (Fsp3) is 0.455. The molecule has 2 atom stereocenters. The molecule has 2 unspecified atom stereocenters. The standard InChI is InChI=1S/C11H12Cl2FNO2S/c1-6-4-15-11(5-18(6,16)17)7-2-10(14)9(13)3-8(7)12/h2-3,6,11,15H,4-5H2,1H3. The maximum Gasteiger partial charge on any atom is 0.156 e. The molecule has 0 aromatic heterocycles. The first kappa shape index (κ1) is 14.1. The van der Waals surface area contributed by atoms with E-state index < -0.39 is 26.9 Å². The minimum absolute atomic E-state index is 0.0733. The summed E-state index contributed by atoms with van der Waals surface area (Å²) < 4.78 is 37.1. The Hall–Kier alpha value is -0.360. The lowest BCUT2D eigenvalue weighted by molar-refractivity contribution is 0.500. The van der Waals surface area contributed by atoms with Crippen LogP contribution in [0.25, 0.3) is 0 Å². The van der Waals surface area contributed by atoms with Crippen molar-refractivity contribution >= 4 is 33.0 Å². The minimum atomic E-state index is -3.18. The first-order chi connectivity index (χ1) is 8.31. The van der Waals surface area contributed by atoms with E-state index >= 15 is 0 Å². The molecule has 1 fully saturated rings. The maximum atomic E-state index is 13.4. The van der Waals surface area contributed by atoms with Crippen LogP contribution in [0.15, 0.2) is 12.1 Å². The minimum Gasteiger partial charge on any atom is -0.308 e. The van der Waals surface area contributed by atoms with Gasteiger partial charge in [-0.05, 0) is 24.6 Å². The molecule has 2 rings (SSSR count). The number of hydrogen-bond donors (Lipinski definition) is 1. The van der Waals surface area contributed by atoms with Crippen LogP contribution in [-0.4, -0.2) is 26.0 Å². The van der Waals surface area contributed by atoms with Gasteiger partial charge >= 0.3 is 0 Å². The van der Waals surface area contributed by atoms with E-state index in [1.54, 1.807) is 6.92 Å². The summed E-state index contributed by atoms with van der Waals surface area (Å²) in [5.74, 6) is -0.691. The average molecular weight is 312 g/mol. The molecule has 7 heteroatoms. The molecular formula is C11H12Cl2FNO2S. The van der Waals surface area contributed by atoms with Crippen LogP contribution in [0.2, 0.25) is 10.0 Å². The largest absolute Gasteiger partial charge is 0.308 e. The van der Waals surface area contributed by atoms with E-state index in [2.05, 4.69) is 5.32 Å². The van der Waals surface area contributed by atoms with Crippen molar-refractivity contribution in [3.05, 3.63) is 33.6 Å². The molecular weight excluding hydrogens is 300 g/mol. The van der Waals surface area contributed by atoms with Gasteiger partial charge in [-0.2, -0.15) is 0 Å². The van der Waals surface area contributed by atoms with Gasteiger partial charge in [0.2, 0.25) is 0 Å². The second kappa shape index (κ2) is 4.96. The highest BCUT2D eigenvalue weighted by molar-refractivity contribution is 7.92. The normalized spacial score (nSPS) is 27.1. The first-order valence-corrected chi connectivity index (χ1v) is 7.88. The van der Waals surface area contributed by atoms with Crippen molar-refractivity contribution in [3.8, 4) is 0 Å². The second-order valence-electron chi connectivity index (χ2n) is 4.39. The molecule has 1 saturated heterocycles.